The Morgan fingerprint density at radius 2 is 2.10 bits per heavy atom. The third kappa shape index (κ3) is 4.02. The molecule has 9 nitrogen and oxygen atoms in total. The van der Waals surface area contributed by atoms with Gasteiger partial charge in [0.15, 0.2) is 5.13 Å². The number of morpholine rings is 1. The highest BCUT2D eigenvalue weighted by atomic mass is 35.5. The first-order valence-electron chi connectivity index (χ1n) is 9.03. The molecule has 0 atom stereocenters. The zero-order chi connectivity index (χ0) is 21.3. The molecule has 1 aliphatic heterocycles. The number of amides is 1. The molecule has 1 aliphatic rings. The highest BCUT2D eigenvalue weighted by molar-refractivity contribution is 7.22. The Kier molecular flexibility index (Phi) is 5.71. The van der Waals surface area contributed by atoms with Crippen molar-refractivity contribution in [2.45, 2.75) is 0 Å². The lowest BCUT2D eigenvalue weighted by Gasteiger charge is -2.30. The fraction of sp³-hybridized carbons (Fsp3) is 0.263. The molecule has 1 amide bonds. The van der Waals surface area contributed by atoms with E-state index in [-0.39, 0.29) is 11.3 Å². The third-order valence-corrected chi connectivity index (χ3v) is 5.90. The number of nitrogens with one attached hydrogen (secondary N) is 1. The molecule has 0 aliphatic carbocycles. The van der Waals surface area contributed by atoms with Gasteiger partial charge in [0.2, 0.25) is 0 Å². The summed E-state index contributed by atoms with van der Waals surface area (Å²) in [6.07, 6.45) is 0. The van der Waals surface area contributed by atoms with E-state index in [9.17, 15) is 14.9 Å². The van der Waals surface area contributed by atoms with Crippen LogP contribution in [0.2, 0.25) is 5.02 Å². The number of nitro groups is 1. The van der Waals surface area contributed by atoms with E-state index in [2.05, 4.69) is 10.3 Å². The summed E-state index contributed by atoms with van der Waals surface area (Å²) in [5.41, 5.74) is 1.29. The van der Waals surface area contributed by atoms with Crippen molar-refractivity contribution >= 4 is 55.6 Å². The van der Waals surface area contributed by atoms with Crippen molar-refractivity contribution in [1.82, 2.24) is 4.98 Å². The largest absolute Gasteiger partial charge is 0.495 e. The molecule has 0 spiro atoms. The van der Waals surface area contributed by atoms with Gasteiger partial charge in [0.05, 0.1) is 51.7 Å². The Morgan fingerprint density at radius 3 is 2.80 bits per heavy atom. The monoisotopic (exact) mass is 448 g/mol. The smallest absolute Gasteiger partial charge is 0.270 e. The summed E-state index contributed by atoms with van der Waals surface area (Å²) in [6.45, 7) is 2.24. The van der Waals surface area contributed by atoms with Gasteiger partial charge in [-0.3, -0.25) is 20.2 Å². The zero-order valence-electron chi connectivity index (χ0n) is 15.9. The number of ether oxygens (including phenoxy) is 2. The van der Waals surface area contributed by atoms with Gasteiger partial charge in [-0.15, -0.1) is 0 Å². The summed E-state index contributed by atoms with van der Waals surface area (Å²) in [7, 11) is 1.52. The van der Waals surface area contributed by atoms with Crippen LogP contribution in [0.25, 0.3) is 10.2 Å². The van der Waals surface area contributed by atoms with Crippen molar-refractivity contribution in [2.24, 2.45) is 0 Å². The minimum Gasteiger partial charge on any atom is -0.495 e. The summed E-state index contributed by atoms with van der Waals surface area (Å²) >= 11 is 7.40. The van der Waals surface area contributed by atoms with Crippen LogP contribution in [-0.2, 0) is 4.74 Å². The molecule has 11 heteroatoms. The number of rotatable bonds is 5. The van der Waals surface area contributed by atoms with Crippen LogP contribution in [0.3, 0.4) is 0 Å². The molecule has 0 saturated carbocycles. The van der Waals surface area contributed by atoms with Crippen LogP contribution in [0.5, 0.6) is 5.75 Å². The van der Waals surface area contributed by atoms with Gasteiger partial charge in [0.1, 0.15) is 5.75 Å². The lowest BCUT2D eigenvalue weighted by atomic mass is 10.1. The van der Waals surface area contributed by atoms with Crippen LogP contribution < -0.4 is 15.0 Å². The second kappa shape index (κ2) is 8.42. The van der Waals surface area contributed by atoms with Crippen LogP contribution >= 0.6 is 22.9 Å². The number of thiazole rings is 1. The van der Waals surface area contributed by atoms with E-state index in [1.54, 1.807) is 18.2 Å². The number of methoxy groups -OCH3 is 1. The highest BCUT2D eigenvalue weighted by Gasteiger charge is 2.23. The fourth-order valence-electron chi connectivity index (χ4n) is 3.20. The summed E-state index contributed by atoms with van der Waals surface area (Å²) in [4.78, 5) is 30.1. The normalized spacial score (nSPS) is 14.0. The molecule has 1 fully saturated rings. The first-order valence-corrected chi connectivity index (χ1v) is 10.2. The number of carbonyl (C=O) groups excluding carboxylic acids is 1. The third-order valence-electron chi connectivity index (χ3n) is 4.67. The summed E-state index contributed by atoms with van der Waals surface area (Å²) in [6, 6.07) is 7.69. The Morgan fingerprint density at radius 1 is 1.33 bits per heavy atom. The molecule has 156 valence electrons. The quantitative estimate of drug-likeness (QED) is 0.465. The first kappa shape index (κ1) is 20.3. The van der Waals surface area contributed by atoms with E-state index in [0.717, 1.165) is 4.70 Å². The number of non-ortho nitro benzene ring substituents is 1. The van der Waals surface area contributed by atoms with Crippen LogP contribution in [-0.4, -0.2) is 49.2 Å². The standard InChI is InChI=1S/C19H17ClN4O5S/c1-28-16-10-17-14(9-13(16)20)21-19(30-17)22-18(25)12-8-11(24(26)27)2-3-15(12)23-4-6-29-7-5-23/h2-3,8-10H,4-7H2,1H3,(H,21,22,25). The number of aromatic nitrogens is 1. The molecule has 4 rings (SSSR count). The van der Waals surface area contributed by atoms with Crippen molar-refractivity contribution in [3.8, 4) is 5.75 Å². The Hall–Kier alpha value is -2.95. The lowest BCUT2D eigenvalue weighted by Crippen LogP contribution is -2.37. The van der Waals surface area contributed by atoms with Gasteiger partial charge in [-0.25, -0.2) is 4.98 Å². The molecule has 0 radical (unpaired) electrons. The second-order valence-electron chi connectivity index (χ2n) is 6.49. The average molecular weight is 449 g/mol. The highest BCUT2D eigenvalue weighted by Crippen LogP contribution is 2.35. The van der Waals surface area contributed by atoms with Gasteiger partial charge in [0, 0.05) is 31.3 Å². The molecule has 1 saturated heterocycles. The number of hydrogen-bond donors (Lipinski definition) is 1. The molecule has 3 aromatic rings. The molecule has 0 unspecified atom stereocenters. The fourth-order valence-corrected chi connectivity index (χ4v) is 4.31. The molecule has 30 heavy (non-hydrogen) atoms. The number of carbonyl (C=O) groups is 1. The summed E-state index contributed by atoms with van der Waals surface area (Å²) in [5.74, 6) is 0.0382. The first-order chi connectivity index (χ1) is 14.5. The topological polar surface area (TPSA) is 107 Å². The van der Waals surface area contributed by atoms with Gasteiger partial charge < -0.3 is 14.4 Å². The number of halogens is 1. The van der Waals surface area contributed by atoms with Crippen molar-refractivity contribution in [1.29, 1.82) is 0 Å². The summed E-state index contributed by atoms with van der Waals surface area (Å²) < 4.78 is 11.4. The van der Waals surface area contributed by atoms with Crippen molar-refractivity contribution in [3.05, 3.63) is 51.0 Å². The number of nitro benzene ring substituents is 1. The van der Waals surface area contributed by atoms with E-state index in [0.29, 0.717) is 53.4 Å². The maximum Gasteiger partial charge on any atom is 0.270 e. The van der Waals surface area contributed by atoms with E-state index in [1.165, 1.54) is 30.6 Å². The molecule has 0 bridgehead atoms. The Balaban J connectivity index is 1.67. The maximum atomic E-state index is 13.0. The second-order valence-corrected chi connectivity index (χ2v) is 7.92. The van der Waals surface area contributed by atoms with E-state index in [1.807, 2.05) is 4.90 Å². The van der Waals surface area contributed by atoms with Gasteiger partial charge in [0.25, 0.3) is 11.6 Å². The van der Waals surface area contributed by atoms with Crippen molar-refractivity contribution < 1.29 is 19.2 Å². The van der Waals surface area contributed by atoms with Gasteiger partial charge in [-0.05, 0) is 12.1 Å². The zero-order valence-corrected chi connectivity index (χ0v) is 17.5. The predicted octanol–water partition coefficient (Wildman–Crippen LogP) is 3.96. The Bertz CT molecular complexity index is 1130. The number of anilines is 2. The van der Waals surface area contributed by atoms with Gasteiger partial charge in [-0.1, -0.05) is 22.9 Å². The molecule has 2 heterocycles. The molecule has 2 aromatic carbocycles. The summed E-state index contributed by atoms with van der Waals surface area (Å²) in [5, 5.41) is 14.8. The van der Waals surface area contributed by atoms with Crippen LogP contribution in [0.15, 0.2) is 30.3 Å². The van der Waals surface area contributed by atoms with Gasteiger partial charge in [-0.2, -0.15) is 0 Å². The number of fused-ring (bicyclic) bond motifs is 1. The minimum atomic E-state index is -0.522. The predicted molar refractivity (Wildman–Crippen MR) is 115 cm³/mol. The molecule has 1 aromatic heterocycles. The minimum absolute atomic E-state index is 0.155. The number of nitrogens with zero attached hydrogens (tertiary/aromatic N) is 3. The maximum absolute atomic E-state index is 13.0. The average Bonchev–Trinajstić information content (AvgIpc) is 3.13. The van der Waals surface area contributed by atoms with Crippen molar-refractivity contribution in [2.75, 3.05) is 43.6 Å². The van der Waals surface area contributed by atoms with Crippen LogP contribution in [0, 0.1) is 10.1 Å². The van der Waals surface area contributed by atoms with Crippen LogP contribution in [0.4, 0.5) is 16.5 Å². The molecular formula is C19H17ClN4O5S. The van der Waals surface area contributed by atoms with Crippen LogP contribution in [0.1, 0.15) is 10.4 Å². The molecular weight excluding hydrogens is 432 g/mol. The lowest BCUT2D eigenvalue weighted by molar-refractivity contribution is -0.384. The van der Waals surface area contributed by atoms with E-state index >= 15 is 0 Å². The SMILES string of the molecule is COc1cc2sc(NC(=O)c3cc([N+](=O)[O-])ccc3N3CCOCC3)nc2cc1Cl. The number of benzene rings is 2. The van der Waals surface area contributed by atoms with Crippen molar-refractivity contribution in [3.63, 3.8) is 0 Å². The van der Waals surface area contributed by atoms with E-state index in [4.69, 9.17) is 21.1 Å². The van der Waals surface area contributed by atoms with Gasteiger partial charge >= 0.3 is 0 Å². The number of hydrogen-bond acceptors (Lipinski definition) is 8. The van der Waals surface area contributed by atoms with E-state index < -0.39 is 10.8 Å². The molecule has 1 N–H and O–H groups in total. The Labute approximate surface area is 180 Å².